The van der Waals surface area contributed by atoms with Crippen molar-refractivity contribution in [2.45, 2.75) is 58.0 Å². The Morgan fingerprint density at radius 3 is 3.11 bits per heavy atom. The van der Waals surface area contributed by atoms with Crippen molar-refractivity contribution in [3.63, 3.8) is 0 Å². The highest BCUT2D eigenvalue weighted by molar-refractivity contribution is 5.76. The largest absolute Gasteiger partial charge is 0.352 e. The van der Waals surface area contributed by atoms with Gasteiger partial charge in [0.15, 0.2) is 0 Å². The average molecular weight is 247 g/mol. The summed E-state index contributed by atoms with van der Waals surface area (Å²) in [6.45, 7) is 2.90. The normalized spacial score (nSPS) is 22.6. The first-order valence-electron chi connectivity index (χ1n) is 7.03. The number of fused-ring (bicyclic) bond motifs is 1. The van der Waals surface area contributed by atoms with E-state index >= 15 is 0 Å². The van der Waals surface area contributed by atoms with Crippen molar-refractivity contribution in [2.75, 3.05) is 0 Å². The van der Waals surface area contributed by atoms with E-state index < -0.39 is 0 Å². The van der Waals surface area contributed by atoms with E-state index in [1.54, 1.807) is 0 Å². The molecular weight excluding hydrogens is 226 g/mol. The highest BCUT2D eigenvalue weighted by Gasteiger charge is 2.24. The van der Waals surface area contributed by atoms with Crippen LogP contribution in [0.5, 0.6) is 0 Å². The Morgan fingerprint density at radius 2 is 2.33 bits per heavy atom. The summed E-state index contributed by atoms with van der Waals surface area (Å²) in [6, 6.07) is 0.290. The van der Waals surface area contributed by atoms with Crippen LogP contribution in [0.1, 0.15) is 43.6 Å². The second kappa shape index (κ2) is 4.75. The van der Waals surface area contributed by atoms with Gasteiger partial charge < -0.3 is 9.88 Å². The molecule has 18 heavy (non-hydrogen) atoms. The molecule has 0 unspecified atom stereocenters. The molecule has 1 atom stereocenters. The minimum Gasteiger partial charge on any atom is -0.352 e. The maximum Gasteiger partial charge on any atom is 0.220 e. The lowest BCUT2D eigenvalue weighted by Gasteiger charge is -2.24. The smallest absolute Gasteiger partial charge is 0.220 e. The fourth-order valence-electron chi connectivity index (χ4n) is 2.75. The van der Waals surface area contributed by atoms with Gasteiger partial charge in [-0.1, -0.05) is 12.8 Å². The summed E-state index contributed by atoms with van der Waals surface area (Å²) in [7, 11) is 0. The number of aryl methyl sites for hydroxylation is 2. The first-order chi connectivity index (χ1) is 8.70. The van der Waals surface area contributed by atoms with Gasteiger partial charge in [0.25, 0.3) is 0 Å². The number of amides is 1. The standard InChI is InChI=1S/C14H21N3O/c1-10-8-17-9-12(5-6-13(17)15-10)16-14(18)7-4-11-2-3-11/h8,11-12H,2-7,9H2,1H3,(H,16,18)/t12-/m1/s1. The number of carbonyl (C=O) groups excluding carboxylic acids is 1. The molecule has 1 aromatic heterocycles. The highest BCUT2D eigenvalue weighted by atomic mass is 16.1. The highest BCUT2D eigenvalue weighted by Crippen LogP contribution is 2.33. The fraction of sp³-hybridized carbons (Fsp3) is 0.714. The van der Waals surface area contributed by atoms with E-state index in [9.17, 15) is 4.79 Å². The average Bonchev–Trinajstić information content (AvgIpc) is 3.08. The van der Waals surface area contributed by atoms with Crippen molar-refractivity contribution in [3.05, 3.63) is 17.7 Å². The summed E-state index contributed by atoms with van der Waals surface area (Å²) in [6.07, 6.45) is 8.51. The monoisotopic (exact) mass is 247 g/mol. The number of nitrogens with one attached hydrogen (secondary N) is 1. The van der Waals surface area contributed by atoms with Gasteiger partial charge in [0.1, 0.15) is 5.82 Å². The van der Waals surface area contributed by atoms with Crippen LogP contribution in [0.15, 0.2) is 6.20 Å². The summed E-state index contributed by atoms with van der Waals surface area (Å²) < 4.78 is 2.19. The molecule has 1 aliphatic carbocycles. The Bertz CT molecular complexity index is 448. The molecule has 98 valence electrons. The number of aromatic nitrogens is 2. The van der Waals surface area contributed by atoms with Crippen LogP contribution in [0.2, 0.25) is 0 Å². The maximum atomic E-state index is 11.8. The lowest BCUT2D eigenvalue weighted by molar-refractivity contribution is -0.122. The molecule has 2 heterocycles. The second-order valence-corrected chi connectivity index (χ2v) is 5.74. The summed E-state index contributed by atoms with van der Waals surface area (Å²) in [4.78, 5) is 16.3. The molecule has 0 saturated heterocycles. The van der Waals surface area contributed by atoms with E-state index in [1.807, 2.05) is 6.92 Å². The molecule has 1 aromatic rings. The third kappa shape index (κ3) is 2.74. The first kappa shape index (κ1) is 11.8. The van der Waals surface area contributed by atoms with Crippen molar-refractivity contribution in [1.29, 1.82) is 0 Å². The first-order valence-corrected chi connectivity index (χ1v) is 7.03. The Labute approximate surface area is 108 Å². The molecule has 0 bridgehead atoms. The molecule has 3 rings (SSSR count). The van der Waals surface area contributed by atoms with E-state index in [1.165, 1.54) is 12.8 Å². The molecule has 1 amide bonds. The van der Waals surface area contributed by atoms with Gasteiger partial charge in [0.2, 0.25) is 5.91 Å². The van der Waals surface area contributed by atoms with E-state index in [-0.39, 0.29) is 11.9 Å². The molecule has 4 nitrogen and oxygen atoms in total. The molecule has 1 fully saturated rings. The van der Waals surface area contributed by atoms with Gasteiger partial charge in [-0.05, 0) is 25.7 Å². The summed E-state index contributed by atoms with van der Waals surface area (Å²) >= 11 is 0. The van der Waals surface area contributed by atoms with Crippen LogP contribution < -0.4 is 5.32 Å². The van der Waals surface area contributed by atoms with Crippen molar-refractivity contribution < 1.29 is 4.79 Å². The van der Waals surface area contributed by atoms with E-state index in [0.717, 1.165) is 43.2 Å². The summed E-state index contributed by atoms with van der Waals surface area (Å²) in [5.74, 6) is 2.23. The SMILES string of the molecule is Cc1cn2c(n1)CC[C@@H](NC(=O)CCC1CC1)C2. The number of carbonyl (C=O) groups is 1. The minimum atomic E-state index is 0.229. The molecular formula is C14H21N3O. The van der Waals surface area contributed by atoms with E-state index in [2.05, 4.69) is 21.1 Å². The number of imidazole rings is 1. The topological polar surface area (TPSA) is 46.9 Å². The van der Waals surface area contributed by atoms with Crippen LogP contribution in [-0.2, 0) is 17.8 Å². The predicted molar refractivity (Wildman–Crippen MR) is 69.2 cm³/mol. The molecule has 0 radical (unpaired) electrons. The number of rotatable bonds is 4. The minimum absolute atomic E-state index is 0.229. The number of hydrogen-bond acceptors (Lipinski definition) is 2. The van der Waals surface area contributed by atoms with Gasteiger partial charge in [-0.3, -0.25) is 4.79 Å². The second-order valence-electron chi connectivity index (χ2n) is 5.74. The zero-order valence-electron chi connectivity index (χ0n) is 11.0. The van der Waals surface area contributed by atoms with Crippen LogP contribution in [0, 0.1) is 12.8 Å². The van der Waals surface area contributed by atoms with E-state index in [0.29, 0.717) is 6.42 Å². The number of nitrogens with zero attached hydrogens (tertiary/aromatic N) is 2. The van der Waals surface area contributed by atoms with Crippen molar-refractivity contribution in [2.24, 2.45) is 5.92 Å². The molecule has 1 aliphatic heterocycles. The van der Waals surface area contributed by atoms with Crippen LogP contribution in [-0.4, -0.2) is 21.5 Å². The van der Waals surface area contributed by atoms with Gasteiger partial charge in [-0.2, -0.15) is 0 Å². The van der Waals surface area contributed by atoms with Gasteiger partial charge in [0, 0.05) is 31.6 Å². The maximum absolute atomic E-state index is 11.8. The lowest BCUT2D eigenvalue weighted by atomic mass is 10.1. The van der Waals surface area contributed by atoms with Gasteiger partial charge in [-0.25, -0.2) is 4.98 Å². The zero-order chi connectivity index (χ0) is 12.5. The van der Waals surface area contributed by atoms with Crippen LogP contribution in [0.4, 0.5) is 0 Å². The van der Waals surface area contributed by atoms with Crippen molar-refractivity contribution in [3.8, 4) is 0 Å². The number of hydrogen-bond donors (Lipinski definition) is 1. The third-order valence-corrected chi connectivity index (χ3v) is 3.95. The van der Waals surface area contributed by atoms with Crippen LogP contribution >= 0.6 is 0 Å². The predicted octanol–water partition coefficient (Wildman–Crippen LogP) is 1.81. The quantitative estimate of drug-likeness (QED) is 0.882. The van der Waals surface area contributed by atoms with Crippen LogP contribution in [0.3, 0.4) is 0 Å². The molecule has 4 heteroatoms. The van der Waals surface area contributed by atoms with Gasteiger partial charge in [0.05, 0.1) is 5.69 Å². The van der Waals surface area contributed by atoms with Crippen molar-refractivity contribution in [1.82, 2.24) is 14.9 Å². The fourth-order valence-corrected chi connectivity index (χ4v) is 2.75. The van der Waals surface area contributed by atoms with Gasteiger partial charge >= 0.3 is 0 Å². The molecule has 0 aromatic carbocycles. The summed E-state index contributed by atoms with van der Waals surface area (Å²) in [5, 5.41) is 3.16. The Morgan fingerprint density at radius 1 is 1.50 bits per heavy atom. The Hall–Kier alpha value is -1.32. The molecule has 2 aliphatic rings. The summed E-state index contributed by atoms with van der Waals surface area (Å²) in [5.41, 5.74) is 1.07. The van der Waals surface area contributed by atoms with Crippen molar-refractivity contribution >= 4 is 5.91 Å². The van der Waals surface area contributed by atoms with Crippen LogP contribution in [0.25, 0.3) is 0 Å². The van der Waals surface area contributed by atoms with E-state index in [4.69, 9.17) is 0 Å². The zero-order valence-corrected chi connectivity index (χ0v) is 11.0. The molecule has 1 saturated carbocycles. The third-order valence-electron chi connectivity index (χ3n) is 3.95. The Balaban J connectivity index is 1.50. The lowest BCUT2D eigenvalue weighted by Crippen LogP contribution is -2.40. The molecule has 0 spiro atoms. The Kier molecular flexibility index (Phi) is 3.10. The molecule has 1 N–H and O–H groups in total. The van der Waals surface area contributed by atoms with Gasteiger partial charge in [-0.15, -0.1) is 0 Å².